The van der Waals surface area contributed by atoms with Crippen LogP contribution in [0.5, 0.6) is 5.88 Å². The highest BCUT2D eigenvalue weighted by atomic mass is 32.1. The van der Waals surface area contributed by atoms with Gasteiger partial charge in [0.15, 0.2) is 0 Å². The average Bonchev–Trinajstić information content (AvgIpc) is 3.41. The van der Waals surface area contributed by atoms with E-state index in [2.05, 4.69) is 58.6 Å². The number of pyridine rings is 1. The van der Waals surface area contributed by atoms with Gasteiger partial charge in [-0.1, -0.05) is 46.8 Å². The van der Waals surface area contributed by atoms with Gasteiger partial charge < -0.3 is 25.2 Å². The quantitative estimate of drug-likeness (QED) is 0.257. The molecule has 3 amide bonds. The van der Waals surface area contributed by atoms with Crippen molar-refractivity contribution in [2.75, 3.05) is 64.1 Å². The largest absolute Gasteiger partial charge is 0.478 e. The maximum atomic E-state index is 12.9. The first kappa shape index (κ1) is 33.0. The SMILES string of the molecule is CC.CNC(=O)c1cc(C(C)(C)C)sc1NC(=O)Nc1cccc(-c2ccc(OCCCN3CCN(C)CC3)nc2)c1. The fraction of sp³-hybridized carbons (Fsp3) is 0.469. The van der Waals surface area contributed by atoms with Crippen LogP contribution in [0.3, 0.4) is 0 Å². The van der Waals surface area contributed by atoms with Crippen LogP contribution >= 0.6 is 11.3 Å². The Bertz CT molecular complexity index is 1290. The first-order valence-corrected chi connectivity index (χ1v) is 15.5. The fourth-order valence-corrected chi connectivity index (χ4v) is 5.48. The molecule has 1 fully saturated rings. The van der Waals surface area contributed by atoms with Crippen LogP contribution in [0, 0.1) is 0 Å². The molecule has 3 heterocycles. The van der Waals surface area contributed by atoms with Crippen molar-refractivity contribution in [3.05, 3.63) is 59.1 Å². The van der Waals surface area contributed by atoms with Crippen LogP contribution in [0.1, 0.15) is 56.3 Å². The number of piperazine rings is 1. The van der Waals surface area contributed by atoms with Gasteiger partial charge in [0.2, 0.25) is 5.88 Å². The number of rotatable bonds is 9. The minimum atomic E-state index is -0.414. The summed E-state index contributed by atoms with van der Waals surface area (Å²) in [4.78, 5) is 35.6. The molecule has 42 heavy (non-hydrogen) atoms. The summed E-state index contributed by atoms with van der Waals surface area (Å²) in [6, 6.07) is 12.8. The van der Waals surface area contributed by atoms with Gasteiger partial charge in [-0.05, 0) is 48.7 Å². The molecule has 0 aliphatic carbocycles. The summed E-state index contributed by atoms with van der Waals surface area (Å²) in [5, 5.41) is 8.90. The van der Waals surface area contributed by atoms with Crippen molar-refractivity contribution in [3.8, 4) is 17.0 Å². The predicted molar refractivity (Wildman–Crippen MR) is 174 cm³/mol. The molecule has 4 rings (SSSR count). The van der Waals surface area contributed by atoms with Crippen LogP contribution in [-0.2, 0) is 5.41 Å². The summed E-state index contributed by atoms with van der Waals surface area (Å²) in [6.07, 6.45) is 2.75. The molecule has 0 bridgehead atoms. The lowest BCUT2D eigenvalue weighted by Gasteiger charge is -2.32. The smallest absolute Gasteiger partial charge is 0.324 e. The van der Waals surface area contributed by atoms with Crippen LogP contribution in [-0.4, -0.2) is 80.1 Å². The molecule has 0 spiro atoms. The van der Waals surface area contributed by atoms with Crippen LogP contribution in [0.2, 0.25) is 0 Å². The number of anilines is 2. The van der Waals surface area contributed by atoms with Crippen molar-refractivity contribution in [2.24, 2.45) is 0 Å². The highest BCUT2D eigenvalue weighted by molar-refractivity contribution is 7.16. The monoisotopic (exact) mass is 594 g/mol. The Hall–Kier alpha value is -3.47. The number of benzene rings is 1. The molecule has 1 aromatic carbocycles. The second kappa shape index (κ2) is 15.7. The van der Waals surface area contributed by atoms with E-state index in [1.807, 2.05) is 56.3 Å². The lowest BCUT2D eigenvalue weighted by atomic mass is 9.94. The number of nitrogens with zero attached hydrogens (tertiary/aromatic N) is 3. The van der Waals surface area contributed by atoms with E-state index in [0.29, 0.717) is 28.7 Å². The molecular formula is C32H46N6O3S. The normalized spacial score (nSPS) is 14.0. The first-order chi connectivity index (χ1) is 20.1. The van der Waals surface area contributed by atoms with Gasteiger partial charge in [-0.3, -0.25) is 10.1 Å². The zero-order valence-electron chi connectivity index (χ0n) is 26.0. The van der Waals surface area contributed by atoms with E-state index < -0.39 is 6.03 Å². The van der Waals surface area contributed by atoms with Crippen molar-refractivity contribution in [2.45, 2.75) is 46.5 Å². The summed E-state index contributed by atoms with van der Waals surface area (Å²) in [7, 11) is 3.74. The lowest BCUT2D eigenvalue weighted by Crippen LogP contribution is -2.44. The highest BCUT2D eigenvalue weighted by Crippen LogP contribution is 2.36. The molecule has 9 nitrogen and oxygen atoms in total. The van der Waals surface area contributed by atoms with E-state index in [1.165, 1.54) is 11.3 Å². The van der Waals surface area contributed by atoms with E-state index in [9.17, 15) is 9.59 Å². The molecule has 228 valence electrons. The number of aromatic nitrogens is 1. The second-order valence-corrected chi connectivity index (χ2v) is 12.1. The minimum absolute atomic E-state index is 0.141. The number of likely N-dealkylation sites (N-methyl/N-ethyl adjacent to an activating group) is 1. The summed E-state index contributed by atoms with van der Waals surface area (Å²) in [5.41, 5.74) is 2.78. The van der Waals surface area contributed by atoms with Crippen molar-refractivity contribution in [1.29, 1.82) is 0 Å². The Morgan fingerprint density at radius 1 is 1.00 bits per heavy atom. The molecule has 10 heteroatoms. The molecule has 1 aliphatic rings. The number of hydrogen-bond donors (Lipinski definition) is 3. The molecule has 0 radical (unpaired) electrons. The van der Waals surface area contributed by atoms with Gasteiger partial charge in [-0.15, -0.1) is 11.3 Å². The Labute approximate surface area is 254 Å². The van der Waals surface area contributed by atoms with Gasteiger partial charge in [0.05, 0.1) is 12.2 Å². The summed E-state index contributed by atoms with van der Waals surface area (Å²) in [5.74, 6) is 0.368. The molecule has 2 aromatic heterocycles. The van der Waals surface area contributed by atoms with Crippen molar-refractivity contribution in [1.82, 2.24) is 20.1 Å². The lowest BCUT2D eigenvalue weighted by molar-refractivity contribution is 0.0964. The number of amides is 3. The summed E-state index contributed by atoms with van der Waals surface area (Å²) in [6.45, 7) is 16.4. The summed E-state index contributed by atoms with van der Waals surface area (Å²) >= 11 is 1.41. The molecule has 0 unspecified atom stereocenters. The van der Waals surface area contributed by atoms with E-state index >= 15 is 0 Å². The standard InChI is InChI=1S/C30H40N6O3S.C2H6/c1-30(2,3)25-19-24(27(37)31-4)28(40-25)34-29(38)33-23-9-6-8-21(18-23)22-10-11-26(32-20-22)39-17-7-12-36-15-13-35(5)14-16-36;1-2/h6,8-11,18-20H,7,12-17H2,1-5H3,(H,31,37)(H2,33,34,38);1-2H3. The van der Waals surface area contributed by atoms with Crippen LogP contribution in [0.15, 0.2) is 48.7 Å². The molecule has 1 saturated heterocycles. The third kappa shape index (κ3) is 9.54. The Kier molecular flexibility index (Phi) is 12.3. The third-order valence-electron chi connectivity index (χ3n) is 6.82. The minimum Gasteiger partial charge on any atom is -0.478 e. The Morgan fingerprint density at radius 2 is 1.74 bits per heavy atom. The number of nitrogens with one attached hydrogen (secondary N) is 3. The van der Waals surface area contributed by atoms with E-state index in [1.54, 1.807) is 13.2 Å². The highest BCUT2D eigenvalue weighted by Gasteiger charge is 2.23. The Morgan fingerprint density at radius 3 is 2.38 bits per heavy atom. The van der Waals surface area contributed by atoms with Gasteiger partial charge in [-0.2, -0.15) is 0 Å². The van der Waals surface area contributed by atoms with E-state index in [0.717, 1.165) is 55.1 Å². The first-order valence-electron chi connectivity index (χ1n) is 14.7. The topological polar surface area (TPSA) is 98.8 Å². The van der Waals surface area contributed by atoms with Crippen LogP contribution in [0.25, 0.3) is 11.1 Å². The predicted octanol–water partition coefficient (Wildman–Crippen LogP) is 6.15. The van der Waals surface area contributed by atoms with Crippen LogP contribution < -0.4 is 20.7 Å². The Balaban J connectivity index is 0.00000237. The molecular weight excluding hydrogens is 548 g/mol. The molecule has 3 N–H and O–H groups in total. The van der Waals surface area contributed by atoms with E-state index in [4.69, 9.17) is 4.74 Å². The number of urea groups is 1. The van der Waals surface area contributed by atoms with Crippen molar-refractivity contribution >= 4 is 34.0 Å². The zero-order chi connectivity index (χ0) is 30.7. The van der Waals surface area contributed by atoms with Gasteiger partial charge >= 0.3 is 6.03 Å². The number of hydrogen-bond acceptors (Lipinski definition) is 7. The number of thiophene rings is 1. The second-order valence-electron chi connectivity index (χ2n) is 11.1. The van der Waals surface area contributed by atoms with Gasteiger partial charge in [0.1, 0.15) is 5.00 Å². The summed E-state index contributed by atoms with van der Waals surface area (Å²) < 4.78 is 5.86. The molecule has 3 aromatic rings. The van der Waals surface area contributed by atoms with Crippen LogP contribution in [0.4, 0.5) is 15.5 Å². The van der Waals surface area contributed by atoms with Crippen molar-refractivity contribution in [3.63, 3.8) is 0 Å². The number of carbonyl (C=O) groups is 2. The molecule has 1 aliphatic heterocycles. The zero-order valence-corrected chi connectivity index (χ0v) is 26.9. The number of carbonyl (C=O) groups excluding carboxylic acids is 2. The fourth-order valence-electron chi connectivity index (χ4n) is 4.37. The maximum Gasteiger partial charge on any atom is 0.324 e. The molecule has 0 saturated carbocycles. The number of ether oxygens (including phenoxy) is 1. The van der Waals surface area contributed by atoms with Gasteiger partial charge in [0, 0.05) is 68.2 Å². The van der Waals surface area contributed by atoms with Gasteiger partial charge in [-0.25, -0.2) is 9.78 Å². The van der Waals surface area contributed by atoms with Crippen molar-refractivity contribution < 1.29 is 14.3 Å². The van der Waals surface area contributed by atoms with E-state index in [-0.39, 0.29) is 11.3 Å². The average molecular weight is 595 g/mol. The van der Waals surface area contributed by atoms with Gasteiger partial charge in [0.25, 0.3) is 5.91 Å². The maximum absolute atomic E-state index is 12.9. The molecule has 0 atom stereocenters. The third-order valence-corrected chi connectivity index (χ3v) is 8.30.